The molecule has 0 bridgehead atoms. The van der Waals surface area contributed by atoms with Gasteiger partial charge in [0.15, 0.2) is 0 Å². The molecule has 3 N–H and O–H groups in total. The van der Waals surface area contributed by atoms with Crippen molar-refractivity contribution in [3.63, 3.8) is 0 Å². The Balaban J connectivity index is 0.00000190. The lowest BCUT2D eigenvalue weighted by Crippen LogP contribution is -2.73. The molecule has 2 aromatic carbocycles. The molecule has 0 saturated carbocycles. The molecular weight excluding hydrogens is 476 g/mol. The number of rotatable bonds is 8. The van der Waals surface area contributed by atoms with Crippen molar-refractivity contribution in [2.24, 2.45) is 0 Å². The molecule has 4 heteroatoms. The highest BCUT2D eigenvalue weighted by molar-refractivity contribution is 9.10. The van der Waals surface area contributed by atoms with Crippen molar-refractivity contribution in [2.75, 3.05) is 18.9 Å². The summed E-state index contributed by atoms with van der Waals surface area (Å²) in [5.41, 5.74) is 5.19. The first-order valence-corrected chi connectivity index (χ1v) is 11.8. The van der Waals surface area contributed by atoms with Crippen molar-refractivity contribution in [1.82, 2.24) is 0 Å². The summed E-state index contributed by atoms with van der Waals surface area (Å²) in [5, 5.41) is 5.55. The van der Waals surface area contributed by atoms with Crippen LogP contribution < -0.4 is 10.6 Å². The lowest BCUT2D eigenvalue weighted by atomic mass is 9.76. The van der Waals surface area contributed by atoms with Gasteiger partial charge in [0.25, 0.3) is 0 Å². The molecule has 0 fully saturated rings. The average molecular weight is 511 g/mol. The smallest absolute Gasteiger partial charge is 0.133 e. The van der Waals surface area contributed by atoms with E-state index in [-0.39, 0.29) is 5.41 Å². The van der Waals surface area contributed by atoms with Gasteiger partial charge < -0.3 is 10.6 Å². The number of benzene rings is 2. The Morgan fingerprint density at radius 3 is 2.36 bits per heavy atom. The predicted octanol–water partition coefficient (Wildman–Crippen LogP) is 7.27. The monoisotopic (exact) mass is 509 g/mol. The fourth-order valence-corrected chi connectivity index (χ4v) is 4.04. The van der Waals surface area contributed by atoms with Gasteiger partial charge >= 0.3 is 0 Å². The van der Waals surface area contributed by atoms with Crippen molar-refractivity contribution < 1.29 is 5.32 Å². The van der Waals surface area contributed by atoms with Gasteiger partial charge in [-0.25, -0.2) is 0 Å². The number of nitrogens with two attached hydrogens (primary N) is 1. The summed E-state index contributed by atoms with van der Waals surface area (Å²) in [4.78, 5) is 0. The first kappa shape index (κ1) is 24.9. The number of allylic oxidation sites excluding steroid dienone is 1. The topological polar surface area (TPSA) is 28.6 Å². The molecule has 0 spiro atoms. The van der Waals surface area contributed by atoms with Crippen LogP contribution in [-0.2, 0) is 5.41 Å². The van der Waals surface area contributed by atoms with Gasteiger partial charge in [0.1, 0.15) is 5.69 Å². The molecule has 0 aliphatic carbocycles. The zero-order chi connectivity index (χ0) is 21.2. The van der Waals surface area contributed by atoms with Crippen molar-refractivity contribution in [3.05, 3.63) is 62.5 Å². The normalized spacial score (nSPS) is 13.0. The van der Waals surface area contributed by atoms with E-state index in [1.165, 1.54) is 16.8 Å². The molecule has 1 unspecified atom stereocenters. The molecule has 0 saturated heterocycles. The average Bonchev–Trinajstić information content (AvgIpc) is 2.71. The number of halogens is 2. The summed E-state index contributed by atoms with van der Waals surface area (Å²) in [7, 11) is 2.11. The largest absolute Gasteiger partial charge is 0.385 e. The Labute approximate surface area is 188 Å². The molecule has 0 aliphatic heterocycles. The molecule has 0 aliphatic rings. The van der Waals surface area contributed by atoms with Gasteiger partial charge in [0.05, 0.1) is 7.05 Å². The van der Waals surface area contributed by atoms with Crippen molar-refractivity contribution in [3.8, 4) is 0 Å². The standard InChI is InChI=1S/C22H28Br2N2.C2H6/c1-5-22(3,19-14-17(23)10-12-21(19)25-4)13-7-8-16-9-11-18(26-6-2)15-20(16)24;1-2/h7-12,14-15,25-26H,5-6,13H2,1-4H3;1-2H3/p+1/b8-7+;. The molecule has 154 valence electrons. The molecule has 0 heterocycles. The number of quaternary nitrogens is 1. The van der Waals surface area contributed by atoms with E-state index >= 15 is 0 Å². The molecule has 0 amide bonds. The van der Waals surface area contributed by atoms with E-state index in [0.717, 1.165) is 34.0 Å². The summed E-state index contributed by atoms with van der Waals surface area (Å²) in [5.74, 6) is 0. The van der Waals surface area contributed by atoms with Crippen LogP contribution in [0.1, 0.15) is 58.6 Å². The van der Waals surface area contributed by atoms with Gasteiger partial charge in [-0.3, -0.25) is 0 Å². The lowest BCUT2D eigenvalue weighted by Gasteiger charge is -2.28. The minimum absolute atomic E-state index is 0.109. The van der Waals surface area contributed by atoms with Crippen LogP contribution in [0.4, 0.5) is 11.4 Å². The highest BCUT2D eigenvalue weighted by Gasteiger charge is 2.27. The molecular formula is C24H35Br2N2+. The van der Waals surface area contributed by atoms with E-state index in [0.29, 0.717) is 0 Å². The predicted molar refractivity (Wildman–Crippen MR) is 133 cm³/mol. The maximum absolute atomic E-state index is 3.69. The Bertz CT molecular complexity index is 771. The van der Waals surface area contributed by atoms with E-state index in [1.54, 1.807) is 0 Å². The van der Waals surface area contributed by atoms with Crippen LogP contribution in [-0.4, -0.2) is 13.6 Å². The third kappa shape index (κ3) is 6.75. The third-order valence-corrected chi connectivity index (χ3v) is 6.18. The van der Waals surface area contributed by atoms with Gasteiger partial charge in [-0.2, -0.15) is 0 Å². The van der Waals surface area contributed by atoms with Crippen LogP contribution in [0.2, 0.25) is 0 Å². The summed E-state index contributed by atoms with van der Waals surface area (Å²) in [6.07, 6.45) is 6.62. The number of hydrogen-bond donors (Lipinski definition) is 2. The lowest BCUT2D eigenvalue weighted by molar-refractivity contribution is -0.540. The fourth-order valence-electron chi connectivity index (χ4n) is 3.17. The minimum atomic E-state index is 0.109. The molecule has 2 nitrogen and oxygen atoms in total. The summed E-state index contributed by atoms with van der Waals surface area (Å²) in [6.45, 7) is 11.7. The maximum atomic E-state index is 3.69. The molecule has 28 heavy (non-hydrogen) atoms. The van der Waals surface area contributed by atoms with Crippen LogP contribution in [0.15, 0.2) is 51.4 Å². The SMILES string of the molecule is CC.CCNc1ccc(/C=C/CC(C)(CC)c2cc(Br)ccc2[NH2+]C)c(Br)c1. The molecule has 1 atom stereocenters. The van der Waals surface area contributed by atoms with Crippen LogP contribution in [0.25, 0.3) is 6.08 Å². The zero-order valence-corrected chi connectivity index (χ0v) is 21.2. The van der Waals surface area contributed by atoms with Crippen LogP contribution in [0.5, 0.6) is 0 Å². The zero-order valence-electron chi connectivity index (χ0n) is 18.1. The second-order valence-corrected chi connectivity index (χ2v) is 8.58. The fraction of sp³-hybridized carbons (Fsp3) is 0.417. The van der Waals surface area contributed by atoms with Crippen LogP contribution in [0, 0.1) is 0 Å². The maximum Gasteiger partial charge on any atom is 0.133 e. The number of anilines is 1. The summed E-state index contributed by atoms with van der Waals surface area (Å²) < 4.78 is 2.26. The number of hydrogen-bond acceptors (Lipinski definition) is 1. The van der Waals surface area contributed by atoms with Gasteiger partial charge in [-0.15, -0.1) is 0 Å². The Morgan fingerprint density at radius 2 is 1.79 bits per heavy atom. The number of nitrogens with one attached hydrogen (secondary N) is 1. The second-order valence-electron chi connectivity index (χ2n) is 6.81. The van der Waals surface area contributed by atoms with Crippen molar-refractivity contribution in [2.45, 2.75) is 52.9 Å². The van der Waals surface area contributed by atoms with Crippen molar-refractivity contribution >= 4 is 49.3 Å². The van der Waals surface area contributed by atoms with E-state index in [9.17, 15) is 0 Å². The Kier molecular flexibility index (Phi) is 11.1. The van der Waals surface area contributed by atoms with Gasteiger partial charge in [-0.1, -0.05) is 77.8 Å². The van der Waals surface area contributed by atoms with Crippen LogP contribution in [0.3, 0.4) is 0 Å². The first-order chi connectivity index (χ1) is 13.4. The highest BCUT2D eigenvalue weighted by atomic mass is 79.9. The first-order valence-electron chi connectivity index (χ1n) is 10.2. The molecule has 2 aromatic rings. The summed E-state index contributed by atoms with van der Waals surface area (Å²) in [6, 6.07) is 13.0. The van der Waals surface area contributed by atoms with Crippen LogP contribution >= 0.6 is 31.9 Å². The van der Waals surface area contributed by atoms with E-state index in [2.05, 4.69) is 119 Å². The van der Waals surface area contributed by atoms with Gasteiger partial charge in [0, 0.05) is 38.2 Å². The van der Waals surface area contributed by atoms with E-state index in [1.807, 2.05) is 13.8 Å². The Hall–Kier alpha value is -1.10. The third-order valence-electron chi connectivity index (χ3n) is 5.00. The van der Waals surface area contributed by atoms with Gasteiger partial charge in [0.2, 0.25) is 0 Å². The highest BCUT2D eigenvalue weighted by Crippen LogP contribution is 2.37. The Morgan fingerprint density at radius 1 is 1.07 bits per heavy atom. The second kappa shape index (κ2) is 12.5. The minimum Gasteiger partial charge on any atom is -0.385 e. The molecule has 0 radical (unpaired) electrons. The summed E-state index contributed by atoms with van der Waals surface area (Å²) >= 11 is 7.33. The van der Waals surface area contributed by atoms with E-state index < -0.39 is 0 Å². The van der Waals surface area contributed by atoms with E-state index in [4.69, 9.17) is 0 Å². The van der Waals surface area contributed by atoms with Crippen molar-refractivity contribution in [1.29, 1.82) is 0 Å². The quantitative estimate of drug-likeness (QED) is 0.359. The molecule has 2 rings (SSSR count). The van der Waals surface area contributed by atoms with Gasteiger partial charge in [-0.05, 0) is 49.6 Å². The molecule has 0 aromatic heterocycles.